The molecule has 0 radical (unpaired) electrons. The summed E-state index contributed by atoms with van der Waals surface area (Å²) in [6.07, 6.45) is -3.42. The first kappa shape index (κ1) is 18.9. The van der Waals surface area contributed by atoms with Crippen LogP contribution in [-0.4, -0.2) is 26.0 Å². The van der Waals surface area contributed by atoms with Crippen molar-refractivity contribution in [2.45, 2.75) is 26.8 Å². The van der Waals surface area contributed by atoms with Gasteiger partial charge < -0.3 is 4.74 Å². The first-order chi connectivity index (χ1) is 9.07. The van der Waals surface area contributed by atoms with E-state index in [2.05, 4.69) is 13.9 Å². The minimum Gasteiger partial charge on any atom is -0.404 e. The minimum atomic E-state index is -4.92. The van der Waals surface area contributed by atoms with Crippen molar-refractivity contribution in [1.29, 1.82) is 0 Å². The van der Waals surface area contributed by atoms with Crippen LogP contribution in [0.2, 0.25) is 5.15 Å². The summed E-state index contributed by atoms with van der Waals surface area (Å²) in [5, 5.41) is -0.114. The lowest BCUT2D eigenvalue weighted by Gasteiger charge is -2.12. The molecule has 0 unspecified atom stereocenters. The molecule has 0 bridgehead atoms. The van der Waals surface area contributed by atoms with E-state index >= 15 is 0 Å². The van der Waals surface area contributed by atoms with Crippen LogP contribution < -0.4 is 4.74 Å². The van der Waals surface area contributed by atoms with Crippen molar-refractivity contribution in [1.82, 2.24) is 4.98 Å². The number of nitrogens with zero attached hydrogens (tertiary/aromatic N) is 1. The van der Waals surface area contributed by atoms with E-state index in [9.17, 15) is 21.6 Å². The zero-order chi connectivity index (χ0) is 16.0. The Morgan fingerprint density at radius 2 is 1.90 bits per heavy atom. The van der Waals surface area contributed by atoms with E-state index in [0.29, 0.717) is 0 Å². The summed E-state index contributed by atoms with van der Waals surface area (Å²) >= 11 is 5.49. The maximum atomic E-state index is 12.1. The predicted octanol–water partition coefficient (Wildman–Crippen LogP) is 3.14. The molecule has 20 heavy (non-hydrogen) atoms. The molecule has 0 N–H and O–H groups in total. The van der Waals surface area contributed by atoms with Gasteiger partial charge in [-0.2, -0.15) is 8.42 Å². The highest BCUT2D eigenvalue weighted by Crippen LogP contribution is 2.28. The van der Waals surface area contributed by atoms with Crippen molar-refractivity contribution in [3.05, 3.63) is 23.0 Å². The maximum Gasteiger partial charge on any atom is 0.573 e. The second kappa shape index (κ2) is 7.65. The summed E-state index contributed by atoms with van der Waals surface area (Å²) in [5.41, 5.74) is -0.183. The molecule has 5 nitrogen and oxygen atoms in total. The molecule has 0 saturated heterocycles. The van der Waals surface area contributed by atoms with Gasteiger partial charge in [0.25, 0.3) is 10.1 Å². The van der Waals surface area contributed by atoms with Gasteiger partial charge in [-0.05, 0) is 6.07 Å². The molecule has 116 valence electrons. The molecule has 0 aliphatic heterocycles. The largest absolute Gasteiger partial charge is 0.573 e. The summed E-state index contributed by atoms with van der Waals surface area (Å²) in [6, 6.07) is 1.02. The fraction of sp³-hybridized carbons (Fsp3) is 0.500. The molecule has 0 aliphatic carbocycles. The van der Waals surface area contributed by atoms with Crippen molar-refractivity contribution in [2.75, 3.05) is 6.26 Å². The Balaban J connectivity index is 0.00000172. The van der Waals surface area contributed by atoms with Crippen LogP contribution in [0.25, 0.3) is 0 Å². The molecule has 0 amide bonds. The molecule has 1 rings (SSSR count). The monoisotopic (exact) mass is 335 g/mol. The van der Waals surface area contributed by atoms with E-state index < -0.39 is 28.8 Å². The number of pyridine rings is 1. The van der Waals surface area contributed by atoms with E-state index in [1.165, 1.54) is 0 Å². The van der Waals surface area contributed by atoms with Crippen molar-refractivity contribution in [3.8, 4) is 5.75 Å². The second-order valence-electron chi connectivity index (χ2n) is 3.13. The third-order valence-electron chi connectivity index (χ3n) is 1.57. The van der Waals surface area contributed by atoms with Crippen molar-refractivity contribution in [2.24, 2.45) is 0 Å². The number of alkyl halides is 3. The molecule has 1 heterocycles. The topological polar surface area (TPSA) is 65.5 Å². The Morgan fingerprint density at radius 3 is 2.35 bits per heavy atom. The van der Waals surface area contributed by atoms with E-state index in [-0.39, 0.29) is 10.7 Å². The fourth-order valence-electron chi connectivity index (χ4n) is 0.955. The van der Waals surface area contributed by atoms with E-state index in [0.717, 1.165) is 18.5 Å². The molecule has 0 saturated carbocycles. The standard InChI is InChI=1S/C8H7ClF3NO4S.C2H6/c1-18(14,15)16-4-5-2-7(9)13-3-6(5)17-8(10,11)12;1-2/h2-3H,4H2,1H3;1-2H3. The Kier molecular flexibility index (Phi) is 7.25. The van der Waals surface area contributed by atoms with Gasteiger partial charge in [0.05, 0.1) is 19.1 Å². The Hall–Kier alpha value is -1.06. The average molecular weight is 336 g/mol. The number of aromatic nitrogens is 1. The Labute approximate surface area is 119 Å². The fourth-order valence-corrected chi connectivity index (χ4v) is 1.48. The van der Waals surface area contributed by atoms with Crippen LogP contribution in [0.4, 0.5) is 13.2 Å². The molecule has 10 heteroatoms. The van der Waals surface area contributed by atoms with Gasteiger partial charge in [-0.15, -0.1) is 13.2 Å². The quantitative estimate of drug-likeness (QED) is 0.624. The van der Waals surface area contributed by atoms with Gasteiger partial charge in [0, 0.05) is 5.56 Å². The van der Waals surface area contributed by atoms with Crippen molar-refractivity contribution in [3.63, 3.8) is 0 Å². The molecule has 1 aromatic rings. The van der Waals surface area contributed by atoms with Crippen LogP contribution in [0.5, 0.6) is 5.75 Å². The van der Waals surface area contributed by atoms with Crippen LogP contribution in [-0.2, 0) is 20.9 Å². The number of hydrogen-bond acceptors (Lipinski definition) is 5. The zero-order valence-electron chi connectivity index (χ0n) is 10.9. The van der Waals surface area contributed by atoms with Crippen LogP contribution in [0.1, 0.15) is 19.4 Å². The smallest absolute Gasteiger partial charge is 0.404 e. The van der Waals surface area contributed by atoms with Gasteiger partial charge in [-0.3, -0.25) is 4.18 Å². The predicted molar refractivity (Wildman–Crippen MR) is 66.9 cm³/mol. The minimum absolute atomic E-state index is 0.114. The lowest BCUT2D eigenvalue weighted by Crippen LogP contribution is -2.18. The number of hydrogen-bond donors (Lipinski definition) is 0. The molecule has 0 spiro atoms. The van der Waals surface area contributed by atoms with Crippen molar-refractivity contribution < 1.29 is 30.5 Å². The lowest BCUT2D eigenvalue weighted by molar-refractivity contribution is -0.275. The third kappa shape index (κ3) is 8.18. The van der Waals surface area contributed by atoms with Crippen LogP contribution >= 0.6 is 11.6 Å². The van der Waals surface area contributed by atoms with Gasteiger partial charge in [0.2, 0.25) is 0 Å². The molecular weight excluding hydrogens is 323 g/mol. The lowest BCUT2D eigenvalue weighted by atomic mass is 10.2. The number of halogens is 4. The van der Waals surface area contributed by atoms with Gasteiger partial charge in [-0.1, -0.05) is 25.4 Å². The normalized spacial score (nSPS) is 11.6. The number of ether oxygens (including phenoxy) is 1. The Bertz CT molecular complexity index is 534. The van der Waals surface area contributed by atoms with Gasteiger partial charge in [0.15, 0.2) is 5.75 Å². The summed E-state index contributed by atoms with van der Waals surface area (Å²) in [5.74, 6) is -0.671. The van der Waals surface area contributed by atoms with E-state index in [1.54, 1.807) is 0 Å². The Morgan fingerprint density at radius 1 is 1.35 bits per heavy atom. The molecule has 0 aromatic carbocycles. The number of rotatable bonds is 4. The van der Waals surface area contributed by atoms with Crippen LogP contribution in [0, 0.1) is 0 Å². The van der Waals surface area contributed by atoms with Crippen LogP contribution in [0.3, 0.4) is 0 Å². The van der Waals surface area contributed by atoms with E-state index in [1.807, 2.05) is 13.8 Å². The molecular formula is C10H13ClF3NO4S. The van der Waals surface area contributed by atoms with Crippen LogP contribution in [0.15, 0.2) is 12.3 Å². The first-order valence-electron chi connectivity index (χ1n) is 5.31. The highest BCUT2D eigenvalue weighted by atomic mass is 35.5. The first-order valence-corrected chi connectivity index (χ1v) is 7.51. The van der Waals surface area contributed by atoms with E-state index in [4.69, 9.17) is 11.6 Å². The average Bonchev–Trinajstić information content (AvgIpc) is 2.29. The summed E-state index contributed by atoms with van der Waals surface area (Å²) in [7, 11) is -3.80. The summed E-state index contributed by atoms with van der Waals surface area (Å²) in [6.45, 7) is 3.37. The zero-order valence-corrected chi connectivity index (χ0v) is 12.4. The summed E-state index contributed by atoms with van der Waals surface area (Å²) < 4.78 is 65.7. The molecule has 1 aromatic heterocycles. The second-order valence-corrected chi connectivity index (χ2v) is 5.16. The van der Waals surface area contributed by atoms with Gasteiger partial charge >= 0.3 is 6.36 Å². The SMILES string of the molecule is CC.CS(=O)(=O)OCc1cc(Cl)ncc1OC(F)(F)F. The van der Waals surface area contributed by atoms with Gasteiger partial charge in [0.1, 0.15) is 5.15 Å². The van der Waals surface area contributed by atoms with Gasteiger partial charge in [-0.25, -0.2) is 4.98 Å². The highest BCUT2D eigenvalue weighted by Gasteiger charge is 2.32. The molecule has 0 atom stereocenters. The highest BCUT2D eigenvalue weighted by molar-refractivity contribution is 7.85. The molecule has 0 aliphatic rings. The molecule has 0 fully saturated rings. The third-order valence-corrected chi connectivity index (χ3v) is 2.32. The maximum absolute atomic E-state index is 12.1. The summed E-state index contributed by atoms with van der Waals surface area (Å²) in [4.78, 5) is 3.40. The van der Waals surface area contributed by atoms with Crippen molar-refractivity contribution >= 4 is 21.7 Å².